The van der Waals surface area contributed by atoms with E-state index in [1.54, 1.807) is 6.33 Å². The number of hydrogen-bond donors (Lipinski definition) is 2. The molecule has 1 aliphatic heterocycles. The molecule has 1 saturated heterocycles. The fourth-order valence-electron chi connectivity index (χ4n) is 2.91. The van der Waals surface area contributed by atoms with Crippen LogP contribution in [0.25, 0.3) is 0 Å². The van der Waals surface area contributed by atoms with Gasteiger partial charge < -0.3 is 15.3 Å². The number of anilines is 2. The molecule has 1 aromatic rings. The van der Waals surface area contributed by atoms with Crippen molar-refractivity contribution < 1.29 is 5.11 Å². The zero-order valence-corrected chi connectivity index (χ0v) is 11.3. The van der Waals surface area contributed by atoms with E-state index in [0.29, 0.717) is 0 Å². The summed E-state index contributed by atoms with van der Waals surface area (Å²) in [4.78, 5) is 10.9. The molecule has 3 rings (SSSR count). The van der Waals surface area contributed by atoms with Crippen molar-refractivity contribution in [1.29, 1.82) is 0 Å². The Morgan fingerprint density at radius 1 is 1.21 bits per heavy atom. The third kappa shape index (κ3) is 2.66. The zero-order chi connectivity index (χ0) is 13.1. The number of hydrogen-bond acceptors (Lipinski definition) is 5. The van der Waals surface area contributed by atoms with Gasteiger partial charge in [0.2, 0.25) is 0 Å². The summed E-state index contributed by atoms with van der Waals surface area (Å²) in [5.41, 5.74) is 0.0821. The van der Waals surface area contributed by atoms with Gasteiger partial charge in [-0.05, 0) is 25.7 Å². The Hall–Kier alpha value is -1.36. The van der Waals surface area contributed by atoms with Crippen molar-refractivity contribution in [2.75, 3.05) is 36.5 Å². The quantitative estimate of drug-likeness (QED) is 0.845. The van der Waals surface area contributed by atoms with Crippen molar-refractivity contribution in [3.63, 3.8) is 0 Å². The second kappa shape index (κ2) is 5.33. The molecule has 104 valence electrons. The Balaban J connectivity index is 1.62. The normalized spacial score (nSPS) is 21.2. The van der Waals surface area contributed by atoms with Crippen LogP contribution in [-0.4, -0.2) is 41.3 Å². The molecule has 0 spiro atoms. The highest BCUT2D eigenvalue weighted by molar-refractivity contribution is 5.49. The molecular formula is C14H22N4O. The molecule has 2 heterocycles. The van der Waals surface area contributed by atoms with Crippen molar-refractivity contribution in [1.82, 2.24) is 9.97 Å². The van der Waals surface area contributed by atoms with Crippen molar-refractivity contribution in [2.24, 2.45) is 5.41 Å². The van der Waals surface area contributed by atoms with Crippen LogP contribution >= 0.6 is 0 Å². The van der Waals surface area contributed by atoms with E-state index in [2.05, 4.69) is 20.2 Å². The molecule has 19 heavy (non-hydrogen) atoms. The first-order valence-corrected chi connectivity index (χ1v) is 7.23. The van der Waals surface area contributed by atoms with E-state index in [0.717, 1.165) is 44.1 Å². The Bertz CT molecular complexity index is 422. The van der Waals surface area contributed by atoms with Crippen LogP contribution in [-0.2, 0) is 0 Å². The lowest BCUT2D eigenvalue weighted by atomic mass is 9.69. The highest BCUT2D eigenvalue weighted by atomic mass is 16.3. The second-order valence-electron chi connectivity index (χ2n) is 5.82. The number of aliphatic hydroxyl groups is 1. The average molecular weight is 262 g/mol. The molecule has 5 heteroatoms. The molecule has 5 nitrogen and oxygen atoms in total. The van der Waals surface area contributed by atoms with Crippen LogP contribution in [0.15, 0.2) is 12.4 Å². The van der Waals surface area contributed by atoms with Gasteiger partial charge >= 0.3 is 0 Å². The maximum Gasteiger partial charge on any atom is 0.134 e. The summed E-state index contributed by atoms with van der Waals surface area (Å²) in [7, 11) is 0. The third-order valence-corrected chi connectivity index (χ3v) is 4.48. The van der Waals surface area contributed by atoms with Crippen LogP contribution in [0.3, 0.4) is 0 Å². The minimum absolute atomic E-state index is 0.0821. The Kier molecular flexibility index (Phi) is 3.55. The molecule has 0 atom stereocenters. The summed E-state index contributed by atoms with van der Waals surface area (Å²) in [5, 5.41) is 12.8. The van der Waals surface area contributed by atoms with Gasteiger partial charge in [-0.15, -0.1) is 0 Å². The largest absolute Gasteiger partial charge is 0.396 e. The van der Waals surface area contributed by atoms with Gasteiger partial charge in [-0.25, -0.2) is 9.97 Å². The van der Waals surface area contributed by atoms with E-state index >= 15 is 0 Å². The smallest absolute Gasteiger partial charge is 0.134 e. The van der Waals surface area contributed by atoms with Crippen LogP contribution in [0.1, 0.15) is 32.1 Å². The van der Waals surface area contributed by atoms with Crippen molar-refractivity contribution in [3.8, 4) is 0 Å². The minimum Gasteiger partial charge on any atom is -0.396 e. The summed E-state index contributed by atoms with van der Waals surface area (Å²) in [5.74, 6) is 1.89. The minimum atomic E-state index is 0.0821. The molecule has 0 unspecified atom stereocenters. The number of nitrogens with one attached hydrogen (secondary N) is 1. The van der Waals surface area contributed by atoms with Gasteiger partial charge in [0.05, 0.1) is 6.61 Å². The van der Waals surface area contributed by atoms with E-state index in [1.165, 1.54) is 19.3 Å². The standard InChI is InChI=1S/C14H22N4O/c19-10-14(4-3-5-14)9-15-12-8-13(17-11-16-12)18-6-1-2-7-18/h8,11,19H,1-7,9-10H2,(H,15,16,17). The van der Waals surface area contributed by atoms with Crippen LogP contribution in [0.2, 0.25) is 0 Å². The molecule has 2 aliphatic rings. The highest BCUT2D eigenvalue weighted by Gasteiger charge is 2.36. The molecule has 0 bridgehead atoms. The van der Waals surface area contributed by atoms with Crippen LogP contribution in [0, 0.1) is 5.41 Å². The molecule has 2 fully saturated rings. The molecule has 2 N–H and O–H groups in total. The van der Waals surface area contributed by atoms with Gasteiger partial charge in [0.1, 0.15) is 18.0 Å². The Morgan fingerprint density at radius 3 is 2.63 bits per heavy atom. The Labute approximate surface area is 114 Å². The molecule has 1 saturated carbocycles. The van der Waals surface area contributed by atoms with Crippen molar-refractivity contribution >= 4 is 11.6 Å². The van der Waals surface area contributed by atoms with Crippen LogP contribution in [0.4, 0.5) is 11.6 Å². The average Bonchev–Trinajstić information content (AvgIpc) is 2.92. The van der Waals surface area contributed by atoms with Gasteiger partial charge in [0.25, 0.3) is 0 Å². The van der Waals surface area contributed by atoms with Crippen LogP contribution < -0.4 is 10.2 Å². The maximum absolute atomic E-state index is 9.46. The lowest BCUT2D eigenvalue weighted by Gasteiger charge is -2.40. The number of aliphatic hydroxyl groups excluding tert-OH is 1. The topological polar surface area (TPSA) is 61.3 Å². The van der Waals surface area contributed by atoms with Crippen molar-refractivity contribution in [3.05, 3.63) is 12.4 Å². The van der Waals surface area contributed by atoms with Gasteiger partial charge in [0.15, 0.2) is 0 Å². The van der Waals surface area contributed by atoms with Gasteiger partial charge in [0, 0.05) is 31.1 Å². The van der Waals surface area contributed by atoms with Crippen molar-refractivity contribution in [2.45, 2.75) is 32.1 Å². The third-order valence-electron chi connectivity index (χ3n) is 4.48. The van der Waals surface area contributed by atoms with Gasteiger partial charge in [-0.3, -0.25) is 0 Å². The van der Waals surface area contributed by atoms with Crippen LogP contribution in [0.5, 0.6) is 0 Å². The summed E-state index contributed by atoms with van der Waals surface area (Å²) < 4.78 is 0. The zero-order valence-electron chi connectivity index (χ0n) is 11.3. The second-order valence-corrected chi connectivity index (χ2v) is 5.82. The lowest BCUT2D eigenvalue weighted by Crippen LogP contribution is -2.40. The first-order chi connectivity index (χ1) is 9.31. The summed E-state index contributed by atoms with van der Waals surface area (Å²) in [6, 6.07) is 2.02. The first-order valence-electron chi connectivity index (χ1n) is 7.23. The van der Waals surface area contributed by atoms with E-state index in [4.69, 9.17) is 0 Å². The van der Waals surface area contributed by atoms with E-state index in [1.807, 2.05) is 6.07 Å². The molecule has 1 aromatic heterocycles. The van der Waals surface area contributed by atoms with E-state index in [9.17, 15) is 5.11 Å². The predicted molar refractivity (Wildman–Crippen MR) is 75.3 cm³/mol. The van der Waals surface area contributed by atoms with Gasteiger partial charge in [-0.1, -0.05) is 6.42 Å². The monoisotopic (exact) mass is 262 g/mol. The molecule has 0 aromatic carbocycles. The Morgan fingerprint density at radius 2 is 2.00 bits per heavy atom. The van der Waals surface area contributed by atoms with E-state index < -0.39 is 0 Å². The molecule has 0 amide bonds. The summed E-state index contributed by atoms with van der Waals surface area (Å²) in [6.07, 6.45) is 7.58. The molecular weight excluding hydrogens is 240 g/mol. The fraction of sp³-hybridized carbons (Fsp3) is 0.714. The first kappa shape index (κ1) is 12.7. The van der Waals surface area contributed by atoms with E-state index in [-0.39, 0.29) is 12.0 Å². The molecule has 1 aliphatic carbocycles. The maximum atomic E-state index is 9.46. The molecule has 0 radical (unpaired) electrons. The van der Waals surface area contributed by atoms with Gasteiger partial charge in [-0.2, -0.15) is 0 Å². The number of aromatic nitrogens is 2. The highest BCUT2D eigenvalue weighted by Crippen LogP contribution is 2.40. The fourth-order valence-corrected chi connectivity index (χ4v) is 2.91. The SMILES string of the molecule is OCC1(CNc2cc(N3CCCC3)ncn2)CCC1. The lowest BCUT2D eigenvalue weighted by molar-refractivity contribution is 0.0576. The number of nitrogens with zero attached hydrogens (tertiary/aromatic N) is 3. The number of rotatable bonds is 5. The summed E-state index contributed by atoms with van der Waals surface area (Å²) >= 11 is 0. The summed E-state index contributed by atoms with van der Waals surface area (Å²) in [6.45, 7) is 3.26. The predicted octanol–water partition coefficient (Wildman–Crippen LogP) is 1.65.